The van der Waals surface area contributed by atoms with Gasteiger partial charge in [-0.1, -0.05) is 48.9 Å². The van der Waals surface area contributed by atoms with Crippen LogP contribution >= 0.6 is 23.1 Å². The van der Waals surface area contributed by atoms with Crippen LogP contribution in [0.1, 0.15) is 54.4 Å². The fourth-order valence-electron chi connectivity index (χ4n) is 3.25. The van der Waals surface area contributed by atoms with E-state index in [0.717, 1.165) is 34.2 Å². The lowest BCUT2D eigenvalue weighted by Gasteiger charge is -2.05. The molecule has 4 rings (SSSR count). The predicted molar refractivity (Wildman–Crippen MR) is 118 cm³/mol. The van der Waals surface area contributed by atoms with E-state index in [9.17, 15) is 4.79 Å². The molecule has 0 spiro atoms. The van der Waals surface area contributed by atoms with Crippen LogP contribution in [-0.4, -0.2) is 16.6 Å². The van der Waals surface area contributed by atoms with Gasteiger partial charge in [-0.3, -0.25) is 4.79 Å². The molecule has 144 valence electrons. The van der Waals surface area contributed by atoms with E-state index in [2.05, 4.69) is 21.6 Å². The van der Waals surface area contributed by atoms with Gasteiger partial charge in [-0.15, -0.1) is 11.3 Å². The molecule has 6 heteroatoms. The summed E-state index contributed by atoms with van der Waals surface area (Å²) in [6, 6.07) is 16.0. The molecule has 2 aromatic carbocycles. The molecule has 1 fully saturated rings. The van der Waals surface area contributed by atoms with Crippen molar-refractivity contribution in [3.05, 3.63) is 59.7 Å². The smallest absolute Gasteiger partial charge is 0.267 e. The number of hydrogen-bond acceptors (Lipinski definition) is 5. The van der Waals surface area contributed by atoms with Crippen molar-refractivity contribution in [2.45, 2.75) is 48.6 Å². The summed E-state index contributed by atoms with van der Waals surface area (Å²) in [6.07, 6.45) is 6.89. The van der Waals surface area contributed by atoms with Crippen molar-refractivity contribution < 1.29 is 4.79 Å². The molecule has 0 saturated heterocycles. The van der Waals surface area contributed by atoms with Crippen LogP contribution in [0.3, 0.4) is 0 Å². The van der Waals surface area contributed by atoms with E-state index < -0.39 is 0 Å². The number of fused-ring (bicyclic) bond motifs is 1. The number of nitrogens with one attached hydrogen (secondary N) is 1. The summed E-state index contributed by atoms with van der Waals surface area (Å²) in [5.74, 6) is 0.700. The van der Waals surface area contributed by atoms with Crippen LogP contribution in [0.2, 0.25) is 0 Å². The Morgan fingerprint density at radius 3 is 2.54 bits per heavy atom. The molecule has 0 atom stereocenters. The highest BCUT2D eigenvalue weighted by Crippen LogP contribution is 2.31. The molecule has 1 saturated carbocycles. The first-order valence-corrected chi connectivity index (χ1v) is 11.5. The standard InChI is InChI=1S/C22H23N3OS2/c26-21(25-24-18-7-3-1-2-4-8-18)17-13-11-16(12-14-17)15-27-22-23-19-9-5-6-10-20(19)28-22/h5-6,9-14H,1-4,7-8,15H2,(H,25,26). The van der Waals surface area contributed by atoms with Gasteiger partial charge in [0.1, 0.15) is 0 Å². The molecule has 1 aliphatic rings. The molecular formula is C22H23N3OS2. The number of carbonyl (C=O) groups excluding carboxylic acids is 1. The molecule has 1 aliphatic carbocycles. The van der Waals surface area contributed by atoms with E-state index in [0.29, 0.717) is 5.56 Å². The predicted octanol–water partition coefficient (Wildman–Crippen LogP) is 6.03. The van der Waals surface area contributed by atoms with Crippen LogP contribution < -0.4 is 5.43 Å². The van der Waals surface area contributed by atoms with Gasteiger partial charge in [0.2, 0.25) is 0 Å². The van der Waals surface area contributed by atoms with Crippen molar-refractivity contribution in [3.63, 3.8) is 0 Å². The van der Waals surface area contributed by atoms with Crippen LogP contribution in [0.25, 0.3) is 10.2 Å². The first-order valence-electron chi connectivity index (χ1n) is 9.71. The number of nitrogens with zero attached hydrogens (tertiary/aromatic N) is 2. The molecule has 0 radical (unpaired) electrons. The average molecular weight is 410 g/mol. The van der Waals surface area contributed by atoms with E-state index in [1.807, 2.05) is 42.5 Å². The maximum Gasteiger partial charge on any atom is 0.271 e. The fraction of sp³-hybridized carbons (Fsp3) is 0.318. The molecule has 4 nitrogen and oxygen atoms in total. The van der Waals surface area contributed by atoms with E-state index in [-0.39, 0.29) is 5.91 Å². The Kier molecular flexibility index (Phi) is 6.39. The molecule has 28 heavy (non-hydrogen) atoms. The second kappa shape index (κ2) is 9.34. The van der Waals surface area contributed by atoms with Crippen molar-refractivity contribution in [2.24, 2.45) is 5.10 Å². The third kappa shape index (κ3) is 5.00. The van der Waals surface area contributed by atoms with Gasteiger partial charge in [-0.2, -0.15) is 5.10 Å². The Morgan fingerprint density at radius 1 is 1.04 bits per heavy atom. The van der Waals surface area contributed by atoms with Gasteiger partial charge < -0.3 is 0 Å². The van der Waals surface area contributed by atoms with Gasteiger partial charge in [0, 0.05) is 17.0 Å². The Bertz CT molecular complexity index is 936. The van der Waals surface area contributed by atoms with Gasteiger partial charge >= 0.3 is 0 Å². The first-order chi connectivity index (χ1) is 13.8. The molecule has 1 N–H and O–H groups in total. The van der Waals surface area contributed by atoms with Crippen molar-refractivity contribution in [1.29, 1.82) is 0 Å². The molecule has 0 aliphatic heterocycles. The highest BCUT2D eigenvalue weighted by Gasteiger charge is 2.09. The van der Waals surface area contributed by atoms with E-state index in [4.69, 9.17) is 0 Å². The maximum absolute atomic E-state index is 12.3. The number of hydrogen-bond donors (Lipinski definition) is 1. The Labute approximate surface area is 173 Å². The molecule has 1 heterocycles. The molecule has 3 aromatic rings. The third-order valence-electron chi connectivity index (χ3n) is 4.85. The summed E-state index contributed by atoms with van der Waals surface area (Å²) in [5, 5.41) is 4.34. The van der Waals surface area contributed by atoms with Crippen LogP contribution in [0.15, 0.2) is 58.0 Å². The van der Waals surface area contributed by atoms with Gasteiger partial charge in [0.25, 0.3) is 5.91 Å². The topological polar surface area (TPSA) is 54.4 Å². The van der Waals surface area contributed by atoms with Crippen molar-refractivity contribution in [2.75, 3.05) is 0 Å². The lowest BCUT2D eigenvalue weighted by molar-refractivity contribution is 0.0954. The van der Waals surface area contributed by atoms with E-state index in [1.54, 1.807) is 23.1 Å². The van der Waals surface area contributed by atoms with Crippen LogP contribution in [-0.2, 0) is 5.75 Å². The van der Waals surface area contributed by atoms with Gasteiger partial charge in [0.15, 0.2) is 4.34 Å². The number of thiazole rings is 1. The number of carbonyl (C=O) groups is 1. The molecule has 1 aromatic heterocycles. The molecule has 0 bridgehead atoms. The minimum atomic E-state index is -0.137. The number of rotatable bonds is 5. The van der Waals surface area contributed by atoms with Gasteiger partial charge in [-0.25, -0.2) is 10.4 Å². The van der Waals surface area contributed by atoms with Crippen LogP contribution in [0.5, 0.6) is 0 Å². The highest BCUT2D eigenvalue weighted by molar-refractivity contribution is 8.00. The average Bonchev–Trinajstić information content (AvgIpc) is 2.97. The highest BCUT2D eigenvalue weighted by atomic mass is 32.2. The maximum atomic E-state index is 12.3. The van der Waals surface area contributed by atoms with Crippen molar-refractivity contribution in [3.8, 4) is 0 Å². The Hall–Kier alpha value is -2.18. The SMILES string of the molecule is O=C(NN=C1CCCCCC1)c1ccc(CSc2nc3ccccc3s2)cc1. The van der Waals surface area contributed by atoms with Crippen LogP contribution in [0.4, 0.5) is 0 Å². The minimum absolute atomic E-state index is 0.137. The second-order valence-electron chi connectivity index (χ2n) is 6.97. The molecule has 0 unspecified atom stereocenters. The zero-order valence-electron chi connectivity index (χ0n) is 15.7. The summed E-state index contributed by atoms with van der Waals surface area (Å²) >= 11 is 3.45. The fourth-order valence-corrected chi connectivity index (χ4v) is 5.28. The number of hydrazone groups is 1. The number of amides is 1. The van der Waals surface area contributed by atoms with E-state index in [1.165, 1.54) is 35.9 Å². The normalized spacial score (nSPS) is 14.6. The summed E-state index contributed by atoms with van der Waals surface area (Å²) in [4.78, 5) is 17.0. The summed E-state index contributed by atoms with van der Waals surface area (Å²) in [7, 11) is 0. The zero-order chi connectivity index (χ0) is 19.2. The number of para-hydroxylation sites is 1. The Balaban J connectivity index is 1.32. The minimum Gasteiger partial charge on any atom is -0.267 e. The summed E-state index contributed by atoms with van der Waals surface area (Å²) in [6.45, 7) is 0. The first kappa shape index (κ1) is 19.2. The summed E-state index contributed by atoms with van der Waals surface area (Å²) < 4.78 is 2.29. The van der Waals surface area contributed by atoms with E-state index >= 15 is 0 Å². The summed E-state index contributed by atoms with van der Waals surface area (Å²) in [5.41, 5.74) is 6.72. The lowest BCUT2D eigenvalue weighted by atomic mass is 10.1. The quantitative estimate of drug-likeness (QED) is 0.318. The number of benzene rings is 2. The number of aromatic nitrogens is 1. The third-order valence-corrected chi connectivity index (χ3v) is 7.10. The van der Waals surface area contributed by atoms with Gasteiger partial charge in [-0.05, 0) is 55.5 Å². The largest absolute Gasteiger partial charge is 0.271 e. The molecule has 1 amide bonds. The lowest BCUT2D eigenvalue weighted by Crippen LogP contribution is -2.19. The van der Waals surface area contributed by atoms with Crippen molar-refractivity contribution >= 4 is 44.9 Å². The number of thioether (sulfide) groups is 1. The molecular weight excluding hydrogens is 386 g/mol. The Morgan fingerprint density at radius 2 is 1.79 bits per heavy atom. The zero-order valence-corrected chi connectivity index (χ0v) is 17.3. The van der Waals surface area contributed by atoms with Crippen LogP contribution in [0, 0.1) is 0 Å². The van der Waals surface area contributed by atoms with Gasteiger partial charge in [0.05, 0.1) is 10.2 Å². The van der Waals surface area contributed by atoms with Crippen molar-refractivity contribution in [1.82, 2.24) is 10.4 Å². The second-order valence-corrected chi connectivity index (χ2v) is 9.22. The monoisotopic (exact) mass is 409 g/mol.